The average Bonchev–Trinajstić information content (AvgIpc) is 2.94. The number of ether oxygens (including phenoxy) is 3. The summed E-state index contributed by atoms with van der Waals surface area (Å²) in [6.07, 6.45) is 2.17. The highest BCUT2D eigenvalue weighted by Gasteiger charge is 2.31. The predicted molar refractivity (Wildman–Crippen MR) is 163 cm³/mol. The molecule has 0 radical (unpaired) electrons. The standard InChI is InChI=1S/C31H41Cl2N3O5/c1-22(2)13-20-40-31(38)41-23(3)36-28-21-25(11-9-24(28)10-12-29(36)37)39-19-5-4-14-34-15-17-35(18-16-34)27-8-6-7-26(32)30(27)33/h6-9,11,21-23H,4-5,10,12-20H2,1-3H3. The van der Waals surface area contributed by atoms with Gasteiger partial charge in [-0.15, -0.1) is 0 Å². The number of aryl methyl sites for hydroxylation is 1. The minimum Gasteiger partial charge on any atom is -0.494 e. The van der Waals surface area contributed by atoms with E-state index in [0.717, 1.165) is 68.9 Å². The number of amides is 1. The summed E-state index contributed by atoms with van der Waals surface area (Å²) in [6, 6.07) is 11.6. The smallest absolute Gasteiger partial charge is 0.494 e. The van der Waals surface area contributed by atoms with Crippen molar-refractivity contribution in [2.45, 2.75) is 59.1 Å². The Balaban J connectivity index is 1.21. The maximum Gasteiger partial charge on any atom is 0.510 e. The van der Waals surface area contributed by atoms with E-state index in [9.17, 15) is 9.59 Å². The summed E-state index contributed by atoms with van der Waals surface area (Å²) in [6.45, 7) is 11.5. The Bertz CT molecular complexity index is 1190. The van der Waals surface area contributed by atoms with E-state index in [-0.39, 0.29) is 5.91 Å². The zero-order chi connectivity index (χ0) is 29.4. The Kier molecular flexibility index (Phi) is 11.4. The largest absolute Gasteiger partial charge is 0.510 e. The molecule has 0 aromatic heterocycles. The van der Waals surface area contributed by atoms with Crippen LogP contribution < -0.4 is 14.5 Å². The summed E-state index contributed by atoms with van der Waals surface area (Å²) >= 11 is 12.6. The van der Waals surface area contributed by atoms with Gasteiger partial charge in [-0.2, -0.15) is 0 Å². The number of piperazine rings is 1. The molecule has 1 saturated heterocycles. The molecule has 0 saturated carbocycles. The molecule has 10 heteroatoms. The molecular formula is C31H41Cl2N3O5. The summed E-state index contributed by atoms with van der Waals surface area (Å²) in [7, 11) is 0. The van der Waals surface area contributed by atoms with Crippen LogP contribution in [0.3, 0.4) is 0 Å². The number of nitrogens with zero attached hydrogens (tertiary/aromatic N) is 3. The van der Waals surface area contributed by atoms with E-state index in [0.29, 0.717) is 47.8 Å². The van der Waals surface area contributed by atoms with Crippen LogP contribution in [-0.4, -0.2) is 69.1 Å². The van der Waals surface area contributed by atoms with Crippen molar-refractivity contribution in [3.8, 4) is 5.75 Å². The second-order valence-electron chi connectivity index (χ2n) is 11.0. The van der Waals surface area contributed by atoms with Crippen LogP contribution in [0.1, 0.15) is 52.0 Å². The molecule has 224 valence electrons. The number of hydrogen-bond donors (Lipinski definition) is 0. The lowest BCUT2D eigenvalue weighted by atomic mass is 10.0. The molecule has 2 aliphatic rings. The molecule has 1 unspecified atom stereocenters. The van der Waals surface area contributed by atoms with Gasteiger partial charge in [0.1, 0.15) is 5.75 Å². The summed E-state index contributed by atoms with van der Waals surface area (Å²) in [5, 5.41) is 1.21. The molecule has 4 rings (SSSR count). The highest BCUT2D eigenvalue weighted by molar-refractivity contribution is 6.43. The van der Waals surface area contributed by atoms with E-state index in [1.807, 2.05) is 36.4 Å². The first-order chi connectivity index (χ1) is 19.7. The van der Waals surface area contributed by atoms with Gasteiger partial charge in [-0.25, -0.2) is 4.79 Å². The SMILES string of the molecule is CC(C)CCOC(=O)OC(C)N1C(=O)CCc2ccc(OCCCCN3CCN(c4cccc(Cl)c4Cl)CC3)cc21. The molecule has 1 amide bonds. The van der Waals surface area contributed by atoms with Gasteiger partial charge in [-0.1, -0.05) is 49.2 Å². The second kappa shape index (κ2) is 15.0. The van der Waals surface area contributed by atoms with Gasteiger partial charge in [0.2, 0.25) is 5.91 Å². The van der Waals surface area contributed by atoms with Crippen molar-refractivity contribution in [1.29, 1.82) is 0 Å². The Morgan fingerprint density at radius 1 is 0.951 bits per heavy atom. The van der Waals surface area contributed by atoms with Gasteiger partial charge in [-0.05, 0) is 68.8 Å². The van der Waals surface area contributed by atoms with Crippen LogP contribution >= 0.6 is 23.2 Å². The maximum absolute atomic E-state index is 12.8. The summed E-state index contributed by atoms with van der Waals surface area (Å²) < 4.78 is 16.7. The van der Waals surface area contributed by atoms with Crippen LogP contribution in [-0.2, 0) is 20.7 Å². The Morgan fingerprint density at radius 2 is 1.73 bits per heavy atom. The molecule has 0 aliphatic carbocycles. The van der Waals surface area contributed by atoms with Crippen LogP contribution in [0.15, 0.2) is 36.4 Å². The fourth-order valence-electron chi connectivity index (χ4n) is 5.14. The van der Waals surface area contributed by atoms with Crippen molar-refractivity contribution in [3.05, 3.63) is 52.0 Å². The Hall–Kier alpha value is -2.68. The maximum atomic E-state index is 12.8. The zero-order valence-electron chi connectivity index (χ0n) is 24.2. The molecule has 0 N–H and O–H groups in total. The van der Waals surface area contributed by atoms with E-state index < -0.39 is 12.4 Å². The van der Waals surface area contributed by atoms with E-state index in [1.165, 1.54) is 4.90 Å². The highest BCUT2D eigenvalue weighted by atomic mass is 35.5. The zero-order valence-corrected chi connectivity index (χ0v) is 25.8. The number of anilines is 2. The number of unbranched alkanes of at least 4 members (excludes halogenated alkanes) is 1. The molecule has 2 heterocycles. The molecule has 41 heavy (non-hydrogen) atoms. The monoisotopic (exact) mass is 605 g/mol. The van der Waals surface area contributed by atoms with Gasteiger partial charge in [0.05, 0.1) is 34.6 Å². The third-order valence-corrected chi connectivity index (χ3v) is 8.33. The van der Waals surface area contributed by atoms with Gasteiger partial charge in [0.25, 0.3) is 0 Å². The van der Waals surface area contributed by atoms with Gasteiger partial charge < -0.3 is 19.1 Å². The van der Waals surface area contributed by atoms with Crippen LogP contribution in [0.4, 0.5) is 16.2 Å². The van der Waals surface area contributed by atoms with Gasteiger partial charge in [-0.3, -0.25) is 14.6 Å². The number of rotatable bonds is 12. The first-order valence-corrected chi connectivity index (χ1v) is 15.3. The van der Waals surface area contributed by atoms with Crippen LogP contribution in [0.25, 0.3) is 0 Å². The van der Waals surface area contributed by atoms with Crippen molar-refractivity contribution in [2.75, 3.05) is 55.7 Å². The molecule has 1 atom stereocenters. The minimum absolute atomic E-state index is 0.0881. The van der Waals surface area contributed by atoms with E-state index in [2.05, 4.69) is 23.6 Å². The van der Waals surface area contributed by atoms with Crippen molar-refractivity contribution in [3.63, 3.8) is 0 Å². The van der Waals surface area contributed by atoms with Gasteiger partial charge >= 0.3 is 6.16 Å². The number of hydrogen-bond acceptors (Lipinski definition) is 7. The fraction of sp³-hybridized carbons (Fsp3) is 0.548. The van der Waals surface area contributed by atoms with Gasteiger partial charge in [0.15, 0.2) is 6.23 Å². The molecule has 2 aliphatic heterocycles. The quantitative estimate of drug-likeness (QED) is 0.194. The van der Waals surface area contributed by atoms with E-state index >= 15 is 0 Å². The third-order valence-electron chi connectivity index (χ3n) is 7.52. The summed E-state index contributed by atoms with van der Waals surface area (Å²) in [5.74, 6) is 1.03. The minimum atomic E-state index is -0.779. The molecule has 0 spiro atoms. The van der Waals surface area contributed by atoms with E-state index in [4.69, 9.17) is 37.4 Å². The lowest BCUT2D eigenvalue weighted by Crippen LogP contribution is -2.46. The normalized spacial score (nSPS) is 16.5. The van der Waals surface area contributed by atoms with Crippen molar-refractivity contribution in [1.82, 2.24) is 4.90 Å². The van der Waals surface area contributed by atoms with Crippen LogP contribution in [0.2, 0.25) is 10.0 Å². The van der Waals surface area contributed by atoms with Crippen LogP contribution in [0.5, 0.6) is 5.75 Å². The number of carbonyl (C=O) groups is 2. The number of benzene rings is 2. The molecule has 2 aromatic carbocycles. The fourth-order valence-corrected chi connectivity index (χ4v) is 5.56. The molecule has 8 nitrogen and oxygen atoms in total. The van der Waals surface area contributed by atoms with Gasteiger partial charge in [0, 0.05) is 38.7 Å². The second-order valence-corrected chi connectivity index (χ2v) is 11.8. The average molecular weight is 607 g/mol. The van der Waals surface area contributed by atoms with E-state index in [1.54, 1.807) is 6.92 Å². The molecular weight excluding hydrogens is 565 g/mol. The van der Waals surface area contributed by atoms with Crippen molar-refractivity contribution >= 4 is 46.6 Å². The molecule has 2 aromatic rings. The first kappa shape index (κ1) is 31.3. The lowest BCUT2D eigenvalue weighted by Gasteiger charge is -2.36. The lowest BCUT2D eigenvalue weighted by molar-refractivity contribution is -0.121. The van der Waals surface area contributed by atoms with Crippen LogP contribution in [0, 0.1) is 5.92 Å². The van der Waals surface area contributed by atoms with Crippen molar-refractivity contribution in [2.24, 2.45) is 5.92 Å². The third kappa shape index (κ3) is 8.66. The summed E-state index contributed by atoms with van der Waals surface area (Å²) in [5.41, 5.74) is 2.75. The number of fused-ring (bicyclic) bond motifs is 1. The topological polar surface area (TPSA) is 71.5 Å². The van der Waals surface area contributed by atoms with Crippen molar-refractivity contribution < 1.29 is 23.8 Å². The Morgan fingerprint density at radius 3 is 2.49 bits per heavy atom. The first-order valence-electron chi connectivity index (χ1n) is 14.6. The highest BCUT2D eigenvalue weighted by Crippen LogP contribution is 2.34. The summed E-state index contributed by atoms with van der Waals surface area (Å²) in [4.78, 5) is 31.3. The molecule has 0 bridgehead atoms. The predicted octanol–water partition coefficient (Wildman–Crippen LogP) is 6.80. The Labute approximate surface area is 253 Å². The molecule has 1 fully saturated rings. The number of halogens is 2. The number of carbonyl (C=O) groups excluding carboxylic acids is 2.